The Morgan fingerprint density at radius 1 is 1.50 bits per heavy atom. The zero-order valence-electron chi connectivity index (χ0n) is 8.20. The molecule has 0 aliphatic carbocycles. The van der Waals surface area contributed by atoms with Crippen LogP contribution >= 0.6 is 0 Å². The van der Waals surface area contributed by atoms with Gasteiger partial charge in [-0.05, 0) is 13.8 Å². The molecule has 1 heterocycles. The summed E-state index contributed by atoms with van der Waals surface area (Å²) in [5.41, 5.74) is 10.2. The maximum absolute atomic E-state index is 11.9. The molecule has 0 aromatic carbocycles. The van der Waals surface area contributed by atoms with E-state index >= 15 is 0 Å². The first kappa shape index (κ1) is 10.7. The number of nitrogens with zero attached hydrogens (tertiary/aromatic N) is 3. The molecule has 0 saturated carbocycles. The zero-order chi connectivity index (χ0) is 10.8. The van der Waals surface area contributed by atoms with Crippen LogP contribution in [0, 0.1) is 0 Å². The fourth-order valence-corrected chi connectivity index (χ4v) is 1.14. The molecule has 6 nitrogen and oxygen atoms in total. The molecule has 0 fully saturated rings. The van der Waals surface area contributed by atoms with Crippen LogP contribution in [0.2, 0.25) is 0 Å². The fraction of sp³-hybridized carbons (Fsp3) is 0.714. The van der Waals surface area contributed by atoms with Crippen molar-refractivity contribution in [2.75, 3.05) is 13.3 Å². The molecule has 1 rings (SSSR count). The van der Waals surface area contributed by atoms with Gasteiger partial charge in [0.05, 0.1) is 0 Å². The molecular formula is C7H14FN5O. The van der Waals surface area contributed by atoms with Crippen molar-refractivity contribution in [1.29, 1.82) is 0 Å². The molecule has 1 aliphatic rings. The van der Waals surface area contributed by atoms with Crippen LogP contribution in [0.25, 0.3) is 0 Å². The topological polar surface area (TPSA) is 89.2 Å². The molecule has 0 saturated heterocycles. The third-order valence-corrected chi connectivity index (χ3v) is 1.62. The average Bonchev–Trinajstić information content (AvgIpc) is 2.00. The van der Waals surface area contributed by atoms with E-state index in [1.807, 2.05) is 0 Å². The summed E-state index contributed by atoms with van der Waals surface area (Å²) in [4.78, 5) is 12.8. The zero-order valence-corrected chi connectivity index (χ0v) is 8.20. The predicted octanol–water partition coefficient (Wildman–Crippen LogP) is -0.431. The number of aliphatic imine (C=N–C) groups is 2. The Kier molecular flexibility index (Phi) is 2.90. The van der Waals surface area contributed by atoms with Gasteiger partial charge in [-0.3, -0.25) is 4.84 Å². The van der Waals surface area contributed by atoms with Crippen LogP contribution in [-0.2, 0) is 4.84 Å². The van der Waals surface area contributed by atoms with E-state index in [4.69, 9.17) is 16.3 Å². The van der Waals surface area contributed by atoms with E-state index < -0.39 is 12.3 Å². The SMILES string of the molecule is CC1(C)N=C(N)N=C(N)N1OCCF. The van der Waals surface area contributed by atoms with Gasteiger partial charge in [0.25, 0.3) is 0 Å². The lowest BCUT2D eigenvalue weighted by Crippen LogP contribution is -2.53. The quantitative estimate of drug-likeness (QED) is 0.651. The predicted molar refractivity (Wildman–Crippen MR) is 51.1 cm³/mol. The van der Waals surface area contributed by atoms with E-state index in [0.717, 1.165) is 0 Å². The number of alkyl halides is 1. The van der Waals surface area contributed by atoms with Gasteiger partial charge < -0.3 is 11.5 Å². The van der Waals surface area contributed by atoms with Gasteiger partial charge in [-0.2, -0.15) is 10.1 Å². The Bertz CT molecular complexity index is 275. The maximum atomic E-state index is 11.9. The summed E-state index contributed by atoms with van der Waals surface area (Å²) in [7, 11) is 0. The normalized spacial score (nSPS) is 20.4. The van der Waals surface area contributed by atoms with Crippen LogP contribution < -0.4 is 11.5 Å². The lowest BCUT2D eigenvalue weighted by Gasteiger charge is -2.36. The first-order valence-electron chi connectivity index (χ1n) is 4.16. The van der Waals surface area contributed by atoms with Crippen LogP contribution in [0.4, 0.5) is 4.39 Å². The molecule has 0 amide bonds. The van der Waals surface area contributed by atoms with E-state index in [9.17, 15) is 4.39 Å². The van der Waals surface area contributed by atoms with E-state index in [0.29, 0.717) is 0 Å². The second-order valence-electron chi connectivity index (χ2n) is 3.25. The van der Waals surface area contributed by atoms with Crippen LogP contribution in [0.1, 0.15) is 13.8 Å². The van der Waals surface area contributed by atoms with Crippen LogP contribution in [0.15, 0.2) is 9.98 Å². The highest BCUT2D eigenvalue weighted by Gasteiger charge is 2.32. The van der Waals surface area contributed by atoms with E-state index in [1.165, 1.54) is 5.06 Å². The van der Waals surface area contributed by atoms with Crippen LogP contribution in [0.5, 0.6) is 0 Å². The fourth-order valence-electron chi connectivity index (χ4n) is 1.14. The Hall–Kier alpha value is -1.37. The van der Waals surface area contributed by atoms with Crippen LogP contribution in [-0.4, -0.2) is 35.9 Å². The highest BCUT2D eigenvalue weighted by atomic mass is 19.1. The summed E-state index contributed by atoms with van der Waals surface area (Å²) >= 11 is 0. The van der Waals surface area contributed by atoms with Crippen LogP contribution in [0.3, 0.4) is 0 Å². The molecule has 1 aliphatic heterocycles. The molecule has 0 spiro atoms. The van der Waals surface area contributed by atoms with Gasteiger partial charge in [0, 0.05) is 0 Å². The molecule has 0 bridgehead atoms. The Balaban J connectivity index is 2.79. The standard InChI is InChI=1S/C7H14FN5O/c1-7(2)12-5(9)11-6(10)13(7)14-4-3-8/h3-4H2,1-2H3,(H4,9,10,11,12). The summed E-state index contributed by atoms with van der Waals surface area (Å²) in [6.07, 6.45) is 0. The summed E-state index contributed by atoms with van der Waals surface area (Å²) in [6.45, 7) is 2.79. The number of guanidine groups is 2. The molecular weight excluding hydrogens is 189 g/mol. The molecule has 0 aromatic rings. The van der Waals surface area contributed by atoms with Gasteiger partial charge in [0.15, 0.2) is 5.66 Å². The second kappa shape index (κ2) is 3.79. The lowest BCUT2D eigenvalue weighted by atomic mass is 10.2. The van der Waals surface area contributed by atoms with Crippen molar-refractivity contribution in [1.82, 2.24) is 5.06 Å². The van der Waals surface area contributed by atoms with E-state index in [2.05, 4.69) is 9.98 Å². The van der Waals surface area contributed by atoms with Gasteiger partial charge in [-0.1, -0.05) is 0 Å². The van der Waals surface area contributed by atoms with Crippen molar-refractivity contribution in [3.63, 3.8) is 0 Å². The highest BCUT2D eigenvalue weighted by molar-refractivity contribution is 5.95. The van der Waals surface area contributed by atoms with Crippen molar-refractivity contribution < 1.29 is 9.23 Å². The molecule has 0 atom stereocenters. The molecule has 7 heteroatoms. The summed E-state index contributed by atoms with van der Waals surface area (Å²) < 4.78 is 11.9. The van der Waals surface area contributed by atoms with Crippen molar-refractivity contribution in [3.8, 4) is 0 Å². The smallest absolute Gasteiger partial charge is 0.226 e. The van der Waals surface area contributed by atoms with E-state index in [-0.39, 0.29) is 18.5 Å². The lowest BCUT2D eigenvalue weighted by molar-refractivity contribution is -0.159. The first-order chi connectivity index (χ1) is 6.47. The minimum atomic E-state index is -0.759. The second-order valence-corrected chi connectivity index (χ2v) is 3.25. The van der Waals surface area contributed by atoms with Gasteiger partial charge in [-0.15, -0.1) is 0 Å². The van der Waals surface area contributed by atoms with Crippen molar-refractivity contribution in [3.05, 3.63) is 0 Å². The molecule has 0 aromatic heterocycles. The molecule has 0 radical (unpaired) electrons. The van der Waals surface area contributed by atoms with Gasteiger partial charge in [-0.25, -0.2) is 9.38 Å². The number of halogens is 1. The number of nitrogens with two attached hydrogens (primary N) is 2. The van der Waals surface area contributed by atoms with Gasteiger partial charge in [0.1, 0.15) is 13.3 Å². The minimum absolute atomic E-state index is 0.0796. The Labute approximate surface area is 81.4 Å². The minimum Gasteiger partial charge on any atom is -0.368 e. The third-order valence-electron chi connectivity index (χ3n) is 1.62. The Morgan fingerprint density at radius 2 is 2.14 bits per heavy atom. The molecule has 14 heavy (non-hydrogen) atoms. The van der Waals surface area contributed by atoms with Gasteiger partial charge >= 0.3 is 0 Å². The maximum Gasteiger partial charge on any atom is 0.226 e. The highest BCUT2D eigenvalue weighted by Crippen LogP contribution is 2.19. The van der Waals surface area contributed by atoms with Crippen molar-refractivity contribution in [2.24, 2.45) is 21.5 Å². The summed E-state index contributed by atoms with van der Waals surface area (Å²) in [5, 5.41) is 1.24. The average molecular weight is 203 g/mol. The summed E-state index contributed by atoms with van der Waals surface area (Å²) in [6, 6.07) is 0. The Morgan fingerprint density at radius 3 is 2.64 bits per heavy atom. The summed E-state index contributed by atoms with van der Waals surface area (Å²) in [5.74, 6) is 0.170. The monoisotopic (exact) mass is 203 g/mol. The largest absolute Gasteiger partial charge is 0.368 e. The number of hydrogen-bond donors (Lipinski definition) is 2. The van der Waals surface area contributed by atoms with E-state index in [1.54, 1.807) is 13.8 Å². The van der Waals surface area contributed by atoms with Gasteiger partial charge in [0.2, 0.25) is 11.9 Å². The number of rotatable bonds is 3. The molecule has 80 valence electrons. The number of hydrogen-bond acceptors (Lipinski definition) is 6. The molecule has 0 unspecified atom stereocenters. The third kappa shape index (κ3) is 2.11. The number of hydroxylamine groups is 2. The van der Waals surface area contributed by atoms with Crippen molar-refractivity contribution in [2.45, 2.75) is 19.5 Å². The van der Waals surface area contributed by atoms with Crippen molar-refractivity contribution >= 4 is 11.9 Å². The first-order valence-corrected chi connectivity index (χ1v) is 4.16. The molecule has 4 N–H and O–H groups in total.